The summed E-state index contributed by atoms with van der Waals surface area (Å²) in [5.74, 6) is -0.207. The first-order valence-corrected chi connectivity index (χ1v) is 13.6. The molecular weight excluding hydrogens is 502 g/mol. The maximum Gasteiger partial charge on any atom is 0.255 e. The number of aliphatic imine (C=N–C) groups is 1. The Bertz CT molecular complexity index is 1400. The van der Waals surface area contributed by atoms with Gasteiger partial charge < -0.3 is 19.8 Å². The smallest absolute Gasteiger partial charge is 0.255 e. The van der Waals surface area contributed by atoms with Gasteiger partial charge in [-0.3, -0.25) is 9.59 Å². The van der Waals surface area contributed by atoms with E-state index < -0.39 is 29.0 Å². The van der Waals surface area contributed by atoms with E-state index in [1.54, 1.807) is 29.2 Å². The monoisotopic (exact) mass is 535 g/mol. The quantitative estimate of drug-likeness (QED) is 0.512. The van der Waals surface area contributed by atoms with Crippen molar-refractivity contribution in [3.8, 4) is 10.4 Å². The summed E-state index contributed by atoms with van der Waals surface area (Å²) in [6, 6.07) is 8.98. The van der Waals surface area contributed by atoms with E-state index in [9.17, 15) is 14.7 Å². The van der Waals surface area contributed by atoms with E-state index in [0.717, 1.165) is 21.7 Å². The van der Waals surface area contributed by atoms with E-state index in [4.69, 9.17) is 9.52 Å². The van der Waals surface area contributed by atoms with Gasteiger partial charge in [-0.05, 0) is 38.2 Å². The Hall–Kier alpha value is -3.37. The van der Waals surface area contributed by atoms with E-state index in [1.165, 1.54) is 0 Å². The summed E-state index contributed by atoms with van der Waals surface area (Å²) >= 11 is 1.58. The van der Waals surface area contributed by atoms with Crippen LogP contribution in [0.5, 0.6) is 0 Å². The number of β-amino-alcohol motifs (C(OH)–C–C–N with tert-alkyl or cyclic N) is 1. The molecule has 0 bridgehead atoms. The number of hydrogen-bond donors (Lipinski definition) is 2. The van der Waals surface area contributed by atoms with Crippen LogP contribution in [0.25, 0.3) is 10.4 Å². The maximum atomic E-state index is 14.0. The zero-order valence-corrected chi connectivity index (χ0v) is 23.3. The van der Waals surface area contributed by atoms with Gasteiger partial charge >= 0.3 is 0 Å². The molecule has 2 aromatic heterocycles. The van der Waals surface area contributed by atoms with Crippen molar-refractivity contribution in [3.05, 3.63) is 58.6 Å². The predicted octanol–water partition coefficient (Wildman–Crippen LogP) is 3.84. The number of aliphatic hydroxyl groups excluding tert-OH is 1. The van der Waals surface area contributed by atoms with Crippen LogP contribution >= 0.6 is 11.3 Å². The zero-order valence-electron chi connectivity index (χ0n) is 22.5. The molecule has 0 radical (unpaired) electrons. The highest BCUT2D eigenvalue weighted by Crippen LogP contribution is 2.41. The van der Waals surface area contributed by atoms with Gasteiger partial charge in [0, 0.05) is 18.2 Å². The lowest BCUT2D eigenvalue weighted by atomic mass is 9.77. The molecule has 4 atom stereocenters. The average Bonchev–Trinajstić information content (AvgIpc) is 3.62. The largest absolute Gasteiger partial charge is 0.391 e. The lowest BCUT2D eigenvalue weighted by Crippen LogP contribution is -2.55. The number of amidine groups is 1. The van der Waals surface area contributed by atoms with Crippen LogP contribution in [-0.2, 0) is 9.59 Å². The molecule has 200 valence electrons. The summed E-state index contributed by atoms with van der Waals surface area (Å²) in [6.07, 6.45) is -0.505. The SMILES string of the molecule is Cc1cc([C@H](C(=O)N2C[C@H](O)C[C@H]2[C@@]2(C)N=C(c3ccc(-c4scnc4C)cc3)NC2=O)C(C)(C)C)on1. The lowest BCUT2D eigenvalue weighted by molar-refractivity contribution is -0.139. The van der Waals surface area contributed by atoms with Crippen molar-refractivity contribution in [1.82, 2.24) is 20.4 Å². The second kappa shape index (κ2) is 9.43. The molecule has 0 saturated carbocycles. The van der Waals surface area contributed by atoms with E-state index in [0.29, 0.717) is 17.3 Å². The second-order valence-electron chi connectivity index (χ2n) is 11.5. The number of nitrogens with one attached hydrogen (secondary N) is 1. The number of nitrogens with zero attached hydrogens (tertiary/aromatic N) is 4. The number of thiazole rings is 1. The molecule has 0 unspecified atom stereocenters. The lowest BCUT2D eigenvalue weighted by Gasteiger charge is -2.37. The van der Waals surface area contributed by atoms with Crippen molar-refractivity contribution in [1.29, 1.82) is 0 Å². The van der Waals surface area contributed by atoms with Gasteiger partial charge in [0.2, 0.25) is 5.91 Å². The third kappa shape index (κ3) is 4.56. The van der Waals surface area contributed by atoms with E-state index in [1.807, 2.05) is 64.4 Å². The molecule has 2 amide bonds. The first-order chi connectivity index (χ1) is 17.9. The number of likely N-dealkylation sites (tertiary alicyclic amines) is 1. The standard InChI is InChI=1S/C28H33N5O4S/c1-15-11-20(37-32-15)22(27(3,4)5)25(35)33-13-19(34)12-21(33)28(6)26(36)30-24(31-28)18-9-7-17(8-10-18)23-16(2)29-14-38-23/h7-11,14,19,21-22,34H,12-13H2,1-6H3,(H,30,31,36)/t19-,21+,22-,28-/m1/s1. The Balaban J connectivity index is 1.46. The molecule has 3 aromatic rings. The number of amides is 2. The number of aliphatic hydroxyl groups is 1. The minimum atomic E-state index is -1.25. The molecule has 38 heavy (non-hydrogen) atoms. The van der Waals surface area contributed by atoms with Gasteiger partial charge in [-0.2, -0.15) is 0 Å². The van der Waals surface area contributed by atoms with Gasteiger partial charge in [-0.25, -0.2) is 9.98 Å². The normalized spacial score (nSPS) is 24.4. The molecule has 10 heteroatoms. The Morgan fingerprint density at radius 1 is 1.24 bits per heavy atom. The van der Waals surface area contributed by atoms with Crippen molar-refractivity contribution >= 4 is 29.0 Å². The highest BCUT2D eigenvalue weighted by Gasteiger charge is 2.55. The van der Waals surface area contributed by atoms with Gasteiger partial charge in [0.1, 0.15) is 17.5 Å². The van der Waals surface area contributed by atoms with Crippen molar-refractivity contribution in [2.45, 2.75) is 71.6 Å². The summed E-state index contributed by atoms with van der Waals surface area (Å²) in [5, 5.41) is 17.6. The highest BCUT2D eigenvalue weighted by atomic mass is 32.1. The molecule has 4 heterocycles. The third-order valence-electron chi connectivity index (χ3n) is 7.46. The number of carbonyl (C=O) groups is 2. The average molecular weight is 536 g/mol. The van der Waals surface area contributed by atoms with Gasteiger partial charge in [0.15, 0.2) is 5.54 Å². The van der Waals surface area contributed by atoms with Gasteiger partial charge in [0.05, 0.1) is 33.9 Å². The predicted molar refractivity (Wildman–Crippen MR) is 145 cm³/mol. The summed E-state index contributed by atoms with van der Waals surface area (Å²) in [6.45, 7) is 11.5. The van der Waals surface area contributed by atoms with E-state index in [-0.39, 0.29) is 24.8 Å². The van der Waals surface area contributed by atoms with E-state index >= 15 is 0 Å². The van der Waals surface area contributed by atoms with Crippen molar-refractivity contribution in [2.24, 2.45) is 10.4 Å². The number of aromatic nitrogens is 2. The molecule has 1 aromatic carbocycles. The Morgan fingerprint density at radius 2 is 1.92 bits per heavy atom. The van der Waals surface area contributed by atoms with Crippen LogP contribution in [0.4, 0.5) is 0 Å². The summed E-state index contributed by atoms with van der Waals surface area (Å²) in [5.41, 5.74) is 3.57. The molecular formula is C28H33N5O4S. The number of hydrogen-bond acceptors (Lipinski definition) is 8. The van der Waals surface area contributed by atoms with Crippen LogP contribution < -0.4 is 5.32 Å². The highest BCUT2D eigenvalue weighted by molar-refractivity contribution is 7.13. The maximum absolute atomic E-state index is 14.0. The summed E-state index contributed by atoms with van der Waals surface area (Å²) in [4.78, 5) is 39.3. The van der Waals surface area contributed by atoms with Crippen molar-refractivity contribution < 1.29 is 19.2 Å². The molecule has 0 spiro atoms. The fourth-order valence-corrected chi connectivity index (χ4v) is 6.27. The molecule has 2 N–H and O–H groups in total. The topological polar surface area (TPSA) is 121 Å². The summed E-state index contributed by atoms with van der Waals surface area (Å²) in [7, 11) is 0. The first-order valence-electron chi connectivity index (χ1n) is 12.7. The van der Waals surface area contributed by atoms with Crippen LogP contribution in [0.1, 0.15) is 62.7 Å². The summed E-state index contributed by atoms with van der Waals surface area (Å²) < 4.78 is 5.52. The fraction of sp³-hybridized carbons (Fsp3) is 0.464. The van der Waals surface area contributed by atoms with Gasteiger partial charge in [-0.15, -0.1) is 11.3 Å². The number of carbonyl (C=O) groups excluding carboxylic acids is 2. The van der Waals surface area contributed by atoms with Crippen LogP contribution in [0.3, 0.4) is 0 Å². The molecule has 2 aliphatic rings. The molecule has 5 rings (SSSR count). The minimum Gasteiger partial charge on any atom is -0.391 e. The minimum absolute atomic E-state index is 0.125. The Kier molecular flexibility index (Phi) is 6.51. The second-order valence-corrected chi connectivity index (χ2v) is 12.3. The molecule has 9 nitrogen and oxygen atoms in total. The fourth-order valence-electron chi connectivity index (χ4n) is 5.46. The number of rotatable bonds is 5. The van der Waals surface area contributed by atoms with Crippen molar-refractivity contribution in [2.75, 3.05) is 6.54 Å². The molecule has 0 aliphatic carbocycles. The number of benzene rings is 1. The molecule has 2 aliphatic heterocycles. The van der Waals surface area contributed by atoms with Crippen LogP contribution in [0.2, 0.25) is 0 Å². The zero-order chi connectivity index (χ0) is 27.4. The van der Waals surface area contributed by atoms with Gasteiger partial charge in [0.25, 0.3) is 5.91 Å². The Labute approximate surface area is 226 Å². The van der Waals surface area contributed by atoms with Crippen molar-refractivity contribution in [3.63, 3.8) is 0 Å². The van der Waals surface area contributed by atoms with Gasteiger partial charge in [-0.1, -0.05) is 50.2 Å². The molecule has 1 saturated heterocycles. The third-order valence-corrected chi connectivity index (χ3v) is 8.43. The van der Waals surface area contributed by atoms with Crippen LogP contribution in [-0.4, -0.2) is 62.0 Å². The first kappa shape index (κ1) is 26.2. The van der Waals surface area contributed by atoms with Crippen LogP contribution in [0, 0.1) is 19.3 Å². The number of aryl methyl sites for hydroxylation is 2. The van der Waals surface area contributed by atoms with E-state index in [2.05, 4.69) is 15.5 Å². The molecule has 1 fully saturated rings. The Morgan fingerprint density at radius 3 is 2.50 bits per heavy atom. The van der Waals surface area contributed by atoms with Crippen LogP contribution in [0.15, 0.2) is 45.4 Å².